The molecule has 0 aromatic heterocycles. The fourth-order valence-corrected chi connectivity index (χ4v) is 0.843. The van der Waals surface area contributed by atoms with Crippen molar-refractivity contribution >= 4 is 5.91 Å². The fourth-order valence-electron chi connectivity index (χ4n) is 0.843. The van der Waals surface area contributed by atoms with Crippen LogP contribution in [0.25, 0.3) is 0 Å². The van der Waals surface area contributed by atoms with Crippen LogP contribution in [-0.4, -0.2) is 13.0 Å². The van der Waals surface area contributed by atoms with Gasteiger partial charge in [0.1, 0.15) is 0 Å². The Bertz CT molecular complexity index is 229. The Morgan fingerprint density at radius 3 is 2.15 bits per heavy atom. The SMILES string of the molecule is CN/C(C)=C/C/C=C(\C)NC(C)=O. The van der Waals surface area contributed by atoms with Crippen molar-refractivity contribution < 1.29 is 4.79 Å². The van der Waals surface area contributed by atoms with E-state index in [1.54, 1.807) is 0 Å². The van der Waals surface area contributed by atoms with Crippen LogP contribution < -0.4 is 10.6 Å². The van der Waals surface area contributed by atoms with Gasteiger partial charge < -0.3 is 10.6 Å². The standard InChI is InChI=1S/C10H18N2O/c1-8(11-4)6-5-7-9(2)12-10(3)13/h6-7,11H,5H2,1-4H3,(H,12,13)/b8-6+,9-7+. The third kappa shape index (κ3) is 7.12. The van der Waals surface area contributed by atoms with Crippen molar-refractivity contribution in [3.8, 4) is 0 Å². The molecule has 0 fully saturated rings. The molecule has 0 bridgehead atoms. The third-order valence-corrected chi connectivity index (χ3v) is 1.62. The van der Waals surface area contributed by atoms with Crippen LogP contribution in [0.2, 0.25) is 0 Å². The topological polar surface area (TPSA) is 41.1 Å². The molecular weight excluding hydrogens is 164 g/mol. The zero-order valence-electron chi connectivity index (χ0n) is 8.77. The number of amides is 1. The Morgan fingerprint density at radius 1 is 1.15 bits per heavy atom. The smallest absolute Gasteiger partial charge is 0.220 e. The minimum atomic E-state index is -0.0249. The van der Waals surface area contributed by atoms with Crippen molar-refractivity contribution in [2.24, 2.45) is 0 Å². The van der Waals surface area contributed by atoms with Crippen molar-refractivity contribution in [3.05, 3.63) is 23.5 Å². The molecular formula is C10H18N2O. The number of carbonyl (C=O) groups excluding carboxylic acids is 1. The van der Waals surface area contributed by atoms with E-state index < -0.39 is 0 Å². The molecule has 0 aliphatic rings. The van der Waals surface area contributed by atoms with Crippen LogP contribution in [0.1, 0.15) is 27.2 Å². The summed E-state index contributed by atoms with van der Waals surface area (Å²) < 4.78 is 0. The number of hydrogen-bond donors (Lipinski definition) is 2. The summed E-state index contributed by atoms with van der Waals surface area (Å²) in [4.78, 5) is 10.6. The van der Waals surface area contributed by atoms with Crippen LogP contribution in [0.5, 0.6) is 0 Å². The minimum absolute atomic E-state index is 0.0249. The second-order valence-corrected chi connectivity index (χ2v) is 2.94. The van der Waals surface area contributed by atoms with Gasteiger partial charge in [-0.2, -0.15) is 0 Å². The average Bonchev–Trinajstić information content (AvgIpc) is 2.02. The maximum Gasteiger partial charge on any atom is 0.220 e. The van der Waals surface area contributed by atoms with Crippen molar-refractivity contribution in [1.29, 1.82) is 0 Å². The van der Waals surface area contributed by atoms with E-state index in [2.05, 4.69) is 16.7 Å². The van der Waals surface area contributed by atoms with Crippen LogP contribution in [-0.2, 0) is 4.79 Å². The second kappa shape index (κ2) is 6.29. The van der Waals surface area contributed by atoms with Gasteiger partial charge in [-0.3, -0.25) is 4.79 Å². The zero-order chi connectivity index (χ0) is 10.3. The summed E-state index contributed by atoms with van der Waals surface area (Å²) in [5.74, 6) is -0.0249. The quantitative estimate of drug-likeness (QED) is 0.692. The van der Waals surface area contributed by atoms with Gasteiger partial charge in [0.05, 0.1) is 0 Å². The molecule has 0 aromatic carbocycles. The number of nitrogens with one attached hydrogen (secondary N) is 2. The maximum atomic E-state index is 10.6. The molecule has 0 aromatic rings. The highest BCUT2D eigenvalue weighted by atomic mass is 16.1. The summed E-state index contributed by atoms with van der Waals surface area (Å²) in [6.07, 6.45) is 4.87. The lowest BCUT2D eigenvalue weighted by Crippen LogP contribution is -2.16. The Kier molecular flexibility index (Phi) is 5.68. The van der Waals surface area contributed by atoms with Gasteiger partial charge >= 0.3 is 0 Å². The van der Waals surface area contributed by atoms with Crippen LogP contribution in [0.4, 0.5) is 0 Å². The molecule has 74 valence electrons. The van der Waals surface area contributed by atoms with Gasteiger partial charge in [0, 0.05) is 25.4 Å². The van der Waals surface area contributed by atoms with Crippen molar-refractivity contribution in [3.63, 3.8) is 0 Å². The molecule has 3 nitrogen and oxygen atoms in total. The Balaban J connectivity index is 3.90. The first-order chi connectivity index (χ1) is 6.06. The van der Waals surface area contributed by atoms with E-state index >= 15 is 0 Å². The average molecular weight is 182 g/mol. The predicted molar refractivity (Wildman–Crippen MR) is 55.0 cm³/mol. The van der Waals surface area contributed by atoms with Crippen molar-refractivity contribution in [2.45, 2.75) is 27.2 Å². The molecule has 0 rings (SSSR count). The molecule has 0 spiro atoms. The molecule has 0 atom stereocenters. The van der Waals surface area contributed by atoms with Crippen LogP contribution >= 0.6 is 0 Å². The summed E-state index contributed by atoms with van der Waals surface area (Å²) in [7, 11) is 1.89. The van der Waals surface area contributed by atoms with E-state index in [0.717, 1.165) is 17.8 Å². The molecule has 3 heteroatoms. The number of hydrogen-bond acceptors (Lipinski definition) is 2. The molecule has 0 radical (unpaired) electrons. The summed E-state index contributed by atoms with van der Waals surface area (Å²) in [5, 5.41) is 5.73. The Morgan fingerprint density at radius 2 is 1.69 bits per heavy atom. The monoisotopic (exact) mass is 182 g/mol. The number of carbonyl (C=O) groups is 1. The Labute approximate surface area is 79.9 Å². The molecule has 1 amide bonds. The molecule has 13 heavy (non-hydrogen) atoms. The second-order valence-electron chi connectivity index (χ2n) is 2.94. The summed E-state index contributed by atoms with van der Waals surface area (Å²) >= 11 is 0. The van der Waals surface area contributed by atoms with Gasteiger partial charge in [-0.25, -0.2) is 0 Å². The van der Waals surface area contributed by atoms with Gasteiger partial charge in [-0.05, 0) is 20.3 Å². The van der Waals surface area contributed by atoms with Gasteiger partial charge in [0.25, 0.3) is 0 Å². The van der Waals surface area contributed by atoms with Crippen LogP contribution in [0, 0.1) is 0 Å². The van der Waals surface area contributed by atoms with Crippen LogP contribution in [0.15, 0.2) is 23.5 Å². The molecule has 0 saturated heterocycles. The molecule has 0 unspecified atom stereocenters. The molecule has 0 aliphatic heterocycles. The van der Waals surface area contributed by atoms with E-state index in [-0.39, 0.29) is 5.91 Å². The molecule has 0 saturated carbocycles. The van der Waals surface area contributed by atoms with Gasteiger partial charge in [-0.15, -0.1) is 0 Å². The highest BCUT2D eigenvalue weighted by Crippen LogP contribution is 1.95. The zero-order valence-corrected chi connectivity index (χ0v) is 8.77. The van der Waals surface area contributed by atoms with E-state index in [1.807, 2.05) is 27.0 Å². The highest BCUT2D eigenvalue weighted by molar-refractivity contribution is 5.74. The Hall–Kier alpha value is -1.25. The lowest BCUT2D eigenvalue weighted by molar-refractivity contribution is -0.118. The maximum absolute atomic E-state index is 10.6. The van der Waals surface area contributed by atoms with E-state index in [1.165, 1.54) is 6.92 Å². The highest BCUT2D eigenvalue weighted by Gasteiger charge is 1.90. The molecule has 0 heterocycles. The first-order valence-electron chi connectivity index (χ1n) is 4.35. The van der Waals surface area contributed by atoms with Gasteiger partial charge in [0.2, 0.25) is 5.91 Å². The predicted octanol–water partition coefficient (Wildman–Crippen LogP) is 1.54. The van der Waals surface area contributed by atoms with Crippen molar-refractivity contribution in [2.75, 3.05) is 7.05 Å². The first kappa shape index (κ1) is 11.8. The largest absolute Gasteiger partial charge is 0.392 e. The summed E-state index contributed by atoms with van der Waals surface area (Å²) in [6, 6.07) is 0. The van der Waals surface area contributed by atoms with E-state index in [0.29, 0.717) is 0 Å². The lowest BCUT2D eigenvalue weighted by atomic mass is 10.3. The summed E-state index contributed by atoms with van der Waals surface area (Å²) in [5.41, 5.74) is 2.03. The molecule has 2 N–H and O–H groups in total. The normalized spacial score (nSPS) is 12.6. The molecule has 0 aliphatic carbocycles. The number of allylic oxidation sites excluding steroid dienone is 4. The first-order valence-corrected chi connectivity index (χ1v) is 4.35. The van der Waals surface area contributed by atoms with Crippen molar-refractivity contribution in [1.82, 2.24) is 10.6 Å². The van der Waals surface area contributed by atoms with Gasteiger partial charge in [0.15, 0.2) is 0 Å². The minimum Gasteiger partial charge on any atom is -0.392 e. The third-order valence-electron chi connectivity index (χ3n) is 1.62. The van der Waals surface area contributed by atoms with E-state index in [9.17, 15) is 4.79 Å². The lowest BCUT2D eigenvalue weighted by Gasteiger charge is -2.00. The van der Waals surface area contributed by atoms with Crippen LogP contribution in [0.3, 0.4) is 0 Å². The van der Waals surface area contributed by atoms with E-state index in [4.69, 9.17) is 0 Å². The number of rotatable bonds is 4. The fraction of sp³-hybridized carbons (Fsp3) is 0.500. The summed E-state index contributed by atoms with van der Waals surface area (Å²) in [6.45, 7) is 5.39. The van der Waals surface area contributed by atoms with Gasteiger partial charge in [-0.1, -0.05) is 12.2 Å².